The normalized spacial score (nSPS) is 13.1. The fraction of sp³-hybridized carbons (Fsp3) is 0.404. The lowest BCUT2D eigenvalue weighted by atomic mass is 9.85. The first-order valence-electron chi connectivity index (χ1n) is 20.5. The molecule has 8 N–H and O–H groups in total. The van der Waals surface area contributed by atoms with Gasteiger partial charge in [0.2, 0.25) is 0 Å². The number of rotatable bonds is 21. The largest absolute Gasteiger partial charge is 0.330 e. The molecule has 7 rings (SSSR count). The maximum Gasteiger partial charge on any atom is 0.0127 e. The molecule has 1 aliphatic carbocycles. The van der Waals surface area contributed by atoms with Crippen molar-refractivity contribution in [2.24, 2.45) is 22.9 Å². The van der Waals surface area contributed by atoms with E-state index in [1.54, 1.807) is 0 Å². The lowest BCUT2D eigenvalue weighted by Gasteiger charge is -2.31. The lowest BCUT2D eigenvalue weighted by Crippen LogP contribution is -2.42. The SMILES string of the molecule is NCCCN(CCCN)CCN(CCC1c2c(c3ccccc3c3ccccc23)-c2c1c1ccccc1c1ccccc21)CCN(CCCN)CCCN. The van der Waals surface area contributed by atoms with Gasteiger partial charge in [0.1, 0.15) is 0 Å². The molecular weight excluding hydrogens is 663 g/mol. The van der Waals surface area contributed by atoms with E-state index in [9.17, 15) is 0 Å². The van der Waals surface area contributed by atoms with Gasteiger partial charge in [0.05, 0.1) is 0 Å². The highest BCUT2D eigenvalue weighted by Gasteiger charge is 2.35. The Morgan fingerprint density at radius 3 is 0.944 bits per heavy atom. The fourth-order valence-electron chi connectivity index (χ4n) is 9.18. The molecule has 0 amide bonds. The summed E-state index contributed by atoms with van der Waals surface area (Å²) in [5, 5.41) is 10.9. The maximum atomic E-state index is 5.98. The van der Waals surface area contributed by atoms with Crippen LogP contribution in [0.4, 0.5) is 0 Å². The van der Waals surface area contributed by atoms with Gasteiger partial charge >= 0.3 is 0 Å². The number of hydrogen-bond donors (Lipinski definition) is 4. The van der Waals surface area contributed by atoms with Gasteiger partial charge in [0.25, 0.3) is 0 Å². The van der Waals surface area contributed by atoms with Crippen LogP contribution in [-0.4, -0.2) is 99.8 Å². The minimum atomic E-state index is 0.262. The molecule has 54 heavy (non-hydrogen) atoms. The van der Waals surface area contributed by atoms with Crippen molar-refractivity contribution in [3.63, 3.8) is 0 Å². The summed E-state index contributed by atoms with van der Waals surface area (Å²) in [5.74, 6) is 0.262. The van der Waals surface area contributed by atoms with Crippen LogP contribution < -0.4 is 22.9 Å². The van der Waals surface area contributed by atoms with E-state index in [1.165, 1.54) is 65.3 Å². The summed E-state index contributed by atoms with van der Waals surface area (Å²) in [6.07, 6.45) is 5.08. The Labute approximate surface area is 322 Å². The molecule has 0 saturated carbocycles. The zero-order valence-corrected chi connectivity index (χ0v) is 32.2. The molecule has 7 heteroatoms. The van der Waals surface area contributed by atoms with Crippen molar-refractivity contribution in [1.82, 2.24) is 14.7 Å². The Balaban J connectivity index is 1.32. The minimum absolute atomic E-state index is 0.262. The van der Waals surface area contributed by atoms with E-state index >= 15 is 0 Å². The molecule has 6 aromatic rings. The summed E-state index contributed by atoms with van der Waals surface area (Å²) in [5.41, 5.74) is 29.8. The van der Waals surface area contributed by atoms with Gasteiger partial charge in [0.15, 0.2) is 0 Å². The zero-order valence-electron chi connectivity index (χ0n) is 32.2. The second kappa shape index (κ2) is 18.6. The third kappa shape index (κ3) is 8.05. The molecule has 0 bridgehead atoms. The molecule has 0 atom stereocenters. The number of nitrogens with zero attached hydrogens (tertiary/aromatic N) is 3. The van der Waals surface area contributed by atoms with E-state index in [2.05, 4.69) is 112 Å². The Hall–Kier alpha value is -3.92. The maximum absolute atomic E-state index is 5.98. The van der Waals surface area contributed by atoms with Crippen molar-refractivity contribution >= 4 is 43.1 Å². The Morgan fingerprint density at radius 1 is 0.333 bits per heavy atom. The van der Waals surface area contributed by atoms with Crippen LogP contribution in [0, 0.1) is 0 Å². The molecule has 284 valence electrons. The summed E-state index contributed by atoms with van der Waals surface area (Å²) in [7, 11) is 0. The average molecular weight is 724 g/mol. The zero-order chi connectivity index (χ0) is 37.3. The smallest absolute Gasteiger partial charge is 0.0127 e. The predicted molar refractivity (Wildman–Crippen MR) is 232 cm³/mol. The van der Waals surface area contributed by atoms with Gasteiger partial charge in [-0.2, -0.15) is 0 Å². The quantitative estimate of drug-likeness (QED) is 0.0586. The van der Waals surface area contributed by atoms with Gasteiger partial charge in [-0.15, -0.1) is 0 Å². The summed E-state index contributed by atoms with van der Waals surface area (Å²) < 4.78 is 0. The Kier molecular flexibility index (Phi) is 13.2. The van der Waals surface area contributed by atoms with Gasteiger partial charge in [0, 0.05) is 32.1 Å². The van der Waals surface area contributed by atoms with Crippen LogP contribution in [0.15, 0.2) is 97.1 Å². The summed E-state index contributed by atoms with van der Waals surface area (Å²) in [6, 6.07) is 36.5. The highest BCUT2D eigenvalue weighted by molar-refractivity contribution is 6.25. The van der Waals surface area contributed by atoms with Crippen LogP contribution in [0.2, 0.25) is 0 Å². The Morgan fingerprint density at radius 2 is 0.611 bits per heavy atom. The molecule has 0 unspecified atom stereocenters. The van der Waals surface area contributed by atoms with E-state index in [1.807, 2.05) is 0 Å². The third-order valence-electron chi connectivity index (χ3n) is 11.8. The first-order valence-corrected chi connectivity index (χ1v) is 20.5. The van der Waals surface area contributed by atoms with Gasteiger partial charge in [-0.25, -0.2) is 0 Å². The van der Waals surface area contributed by atoms with Gasteiger partial charge in [-0.3, -0.25) is 0 Å². The summed E-state index contributed by atoms with van der Waals surface area (Å²) in [6.45, 7) is 12.0. The van der Waals surface area contributed by atoms with Crippen LogP contribution in [-0.2, 0) is 0 Å². The van der Waals surface area contributed by atoms with E-state index in [0.29, 0.717) is 26.2 Å². The van der Waals surface area contributed by atoms with Crippen LogP contribution in [0.5, 0.6) is 0 Å². The third-order valence-corrected chi connectivity index (χ3v) is 11.8. The molecule has 0 fully saturated rings. The van der Waals surface area contributed by atoms with Crippen molar-refractivity contribution in [3.05, 3.63) is 108 Å². The van der Waals surface area contributed by atoms with E-state index in [0.717, 1.165) is 91.0 Å². The molecule has 0 saturated heterocycles. The molecular formula is C47H61N7. The first-order chi connectivity index (χ1) is 26.7. The number of benzene rings is 6. The topological polar surface area (TPSA) is 114 Å². The van der Waals surface area contributed by atoms with E-state index in [4.69, 9.17) is 22.9 Å². The molecule has 6 aromatic carbocycles. The summed E-state index contributed by atoms with van der Waals surface area (Å²) >= 11 is 0. The highest BCUT2D eigenvalue weighted by atomic mass is 15.2. The van der Waals surface area contributed by atoms with E-state index < -0.39 is 0 Å². The van der Waals surface area contributed by atoms with Crippen LogP contribution in [0.1, 0.15) is 49.1 Å². The van der Waals surface area contributed by atoms with Crippen molar-refractivity contribution in [2.45, 2.75) is 38.0 Å². The van der Waals surface area contributed by atoms with E-state index in [-0.39, 0.29) is 5.92 Å². The second-order valence-corrected chi connectivity index (χ2v) is 15.2. The van der Waals surface area contributed by atoms with Gasteiger partial charge < -0.3 is 37.6 Å². The number of nitrogens with two attached hydrogens (primary N) is 4. The van der Waals surface area contributed by atoms with Crippen molar-refractivity contribution in [1.29, 1.82) is 0 Å². The second-order valence-electron chi connectivity index (χ2n) is 15.2. The molecule has 1 aliphatic rings. The molecule has 0 aliphatic heterocycles. The van der Waals surface area contributed by atoms with Gasteiger partial charge in [-0.05, 0) is 156 Å². The predicted octanol–water partition coefficient (Wildman–Crippen LogP) is 7.10. The highest BCUT2D eigenvalue weighted by Crippen LogP contribution is 2.57. The molecule has 0 aromatic heterocycles. The van der Waals surface area contributed by atoms with Crippen LogP contribution >= 0.6 is 0 Å². The molecule has 0 spiro atoms. The standard InChI is InChI=1S/C47H61N7/c48-22-9-26-52(27-10-23-49)31-33-54(34-32-53(28-11-24-50)29-12-25-51)30-21-43-44-39-17-5-1-13-35(39)37-15-3-7-19-41(37)46(44)47-42-20-8-4-16-38(42)36-14-2-6-18-40(36)45(43)47/h1-8,13-20,43H,9-12,21-34,48-51H2. The monoisotopic (exact) mass is 723 g/mol. The fourth-order valence-corrected chi connectivity index (χ4v) is 9.18. The molecule has 0 heterocycles. The minimum Gasteiger partial charge on any atom is -0.330 e. The first kappa shape index (κ1) is 38.4. The van der Waals surface area contributed by atoms with Crippen LogP contribution in [0.25, 0.3) is 54.2 Å². The number of hydrogen-bond acceptors (Lipinski definition) is 7. The van der Waals surface area contributed by atoms with Crippen molar-refractivity contribution in [2.75, 3.05) is 85.1 Å². The van der Waals surface area contributed by atoms with Crippen molar-refractivity contribution in [3.8, 4) is 11.1 Å². The lowest BCUT2D eigenvalue weighted by molar-refractivity contribution is 0.171. The van der Waals surface area contributed by atoms with Crippen molar-refractivity contribution < 1.29 is 0 Å². The molecule has 0 radical (unpaired) electrons. The molecule has 7 nitrogen and oxygen atoms in total. The Bertz CT molecular complexity index is 1980. The average Bonchev–Trinajstić information content (AvgIpc) is 3.57. The number of fused-ring (bicyclic) bond motifs is 13. The van der Waals surface area contributed by atoms with Gasteiger partial charge in [-0.1, -0.05) is 97.1 Å². The summed E-state index contributed by atoms with van der Waals surface area (Å²) in [4.78, 5) is 7.89. The van der Waals surface area contributed by atoms with Crippen LogP contribution in [0.3, 0.4) is 0 Å².